The van der Waals surface area contributed by atoms with Gasteiger partial charge in [0, 0.05) is 18.3 Å². The number of aromatic nitrogens is 3. The Kier molecular flexibility index (Phi) is 7.39. The van der Waals surface area contributed by atoms with E-state index in [0.717, 1.165) is 24.5 Å². The van der Waals surface area contributed by atoms with E-state index in [1.54, 1.807) is 18.2 Å². The van der Waals surface area contributed by atoms with E-state index >= 15 is 0 Å². The Hall–Kier alpha value is -3.20. The smallest absolute Gasteiger partial charge is 0.234 e. The van der Waals surface area contributed by atoms with Crippen molar-refractivity contribution < 1.29 is 19.0 Å². The number of aryl methyl sites for hydroxylation is 1. The van der Waals surface area contributed by atoms with E-state index in [1.807, 2.05) is 16.7 Å². The fourth-order valence-electron chi connectivity index (χ4n) is 3.35. The van der Waals surface area contributed by atoms with Crippen LogP contribution in [0.25, 0.3) is 0 Å². The molecule has 4 rings (SSSR count). The van der Waals surface area contributed by atoms with Crippen LogP contribution in [0.5, 0.6) is 17.2 Å². The molecule has 3 aromatic rings. The molecular formula is C24H28N4O4S. The molecule has 1 amide bonds. The molecular weight excluding hydrogens is 440 g/mol. The van der Waals surface area contributed by atoms with Crippen LogP contribution in [0.3, 0.4) is 0 Å². The van der Waals surface area contributed by atoms with Crippen molar-refractivity contribution in [3.05, 3.63) is 53.9 Å². The van der Waals surface area contributed by atoms with Crippen molar-refractivity contribution in [1.29, 1.82) is 0 Å². The second-order valence-electron chi connectivity index (χ2n) is 8.09. The molecule has 1 aliphatic rings. The highest BCUT2D eigenvalue weighted by Gasteiger charge is 2.17. The molecule has 0 spiro atoms. The minimum Gasteiger partial charge on any atom is -0.486 e. The summed E-state index contributed by atoms with van der Waals surface area (Å²) >= 11 is 1.36. The average Bonchev–Trinajstić information content (AvgIpc) is 3.42. The van der Waals surface area contributed by atoms with E-state index in [4.69, 9.17) is 14.2 Å². The molecule has 0 atom stereocenters. The summed E-state index contributed by atoms with van der Waals surface area (Å²) in [5, 5.41) is 12.2. The lowest BCUT2D eigenvalue weighted by molar-refractivity contribution is -0.113. The number of anilines is 1. The molecule has 0 aliphatic carbocycles. The van der Waals surface area contributed by atoms with E-state index in [9.17, 15) is 4.79 Å². The summed E-state index contributed by atoms with van der Waals surface area (Å²) in [5.74, 6) is 3.32. The van der Waals surface area contributed by atoms with Gasteiger partial charge < -0.3 is 24.1 Å². The molecule has 0 saturated carbocycles. The number of thioether (sulfide) groups is 1. The minimum atomic E-state index is -0.133. The van der Waals surface area contributed by atoms with Crippen molar-refractivity contribution >= 4 is 23.4 Å². The van der Waals surface area contributed by atoms with Crippen molar-refractivity contribution in [2.45, 2.75) is 45.5 Å². The molecule has 0 unspecified atom stereocenters. The van der Waals surface area contributed by atoms with Gasteiger partial charge in [-0.25, -0.2) is 0 Å². The predicted molar refractivity (Wildman–Crippen MR) is 127 cm³/mol. The third-order valence-corrected chi connectivity index (χ3v) is 6.00. The number of carbonyl (C=O) groups is 1. The highest BCUT2D eigenvalue weighted by atomic mass is 32.2. The number of nitrogens with zero attached hydrogens (tertiary/aromatic N) is 3. The van der Waals surface area contributed by atoms with Crippen LogP contribution in [0.15, 0.2) is 47.6 Å². The van der Waals surface area contributed by atoms with Crippen molar-refractivity contribution in [2.24, 2.45) is 5.92 Å². The van der Waals surface area contributed by atoms with Crippen LogP contribution < -0.4 is 19.5 Å². The van der Waals surface area contributed by atoms with E-state index < -0.39 is 0 Å². The first-order valence-electron chi connectivity index (χ1n) is 11.0. The van der Waals surface area contributed by atoms with Gasteiger partial charge in [0.25, 0.3) is 0 Å². The van der Waals surface area contributed by atoms with Crippen molar-refractivity contribution in [3.8, 4) is 17.2 Å². The van der Waals surface area contributed by atoms with Gasteiger partial charge in [-0.3, -0.25) is 4.79 Å². The second-order valence-corrected chi connectivity index (χ2v) is 9.04. The molecule has 0 saturated heterocycles. The Bertz CT molecular complexity index is 1100. The van der Waals surface area contributed by atoms with Crippen LogP contribution in [0.4, 0.5) is 5.69 Å². The van der Waals surface area contributed by atoms with Crippen molar-refractivity contribution in [2.75, 3.05) is 17.9 Å². The number of fused-ring (bicyclic) bond motifs is 1. The zero-order chi connectivity index (χ0) is 23.2. The standard InChI is InChI=1S/C24H28N4O4S/c1-4-17-5-8-19(9-6-17)30-13-22-26-27-24(28(22)12-16(2)3)33-14-23(29)25-18-7-10-20-21(11-18)32-15-31-20/h5-11,16H,4,12-15H2,1-3H3,(H,25,29). The lowest BCUT2D eigenvalue weighted by atomic mass is 10.2. The predicted octanol–water partition coefficient (Wildman–Crippen LogP) is 4.54. The van der Waals surface area contributed by atoms with E-state index in [-0.39, 0.29) is 18.5 Å². The summed E-state index contributed by atoms with van der Waals surface area (Å²) in [6.45, 7) is 7.65. The Morgan fingerprint density at radius 1 is 1.15 bits per heavy atom. The topological polar surface area (TPSA) is 87.5 Å². The molecule has 8 nitrogen and oxygen atoms in total. The first-order chi connectivity index (χ1) is 16.0. The van der Waals surface area contributed by atoms with Gasteiger partial charge in [-0.05, 0) is 42.2 Å². The van der Waals surface area contributed by atoms with Gasteiger partial charge in [0.15, 0.2) is 22.5 Å². The average molecular weight is 469 g/mol. The van der Waals surface area contributed by atoms with Crippen LogP contribution in [0, 0.1) is 5.92 Å². The quantitative estimate of drug-likeness (QED) is 0.437. The van der Waals surface area contributed by atoms with Gasteiger partial charge in [-0.1, -0.05) is 44.7 Å². The Balaban J connectivity index is 1.37. The monoisotopic (exact) mass is 468 g/mol. The molecule has 1 aromatic heterocycles. The van der Waals surface area contributed by atoms with E-state index in [2.05, 4.69) is 48.4 Å². The van der Waals surface area contributed by atoms with Crippen LogP contribution in [0.2, 0.25) is 0 Å². The summed E-state index contributed by atoms with van der Waals surface area (Å²) in [6, 6.07) is 13.4. The zero-order valence-electron chi connectivity index (χ0n) is 19.0. The highest BCUT2D eigenvalue weighted by molar-refractivity contribution is 7.99. The molecule has 33 heavy (non-hydrogen) atoms. The van der Waals surface area contributed by atoms with E-state index in [0.29, 0.717) is 34.9 Å². The molecule has 2 heterocycles. The lowest BCUT2D eigenvalue weighted by Crippen LogP contribution is -2.16. The number of rotatable bonds is 10. The van der Waals surface area contributed by atoms with Crippen LogP contribution >= 0.6 is 11.8 Å². The number of hydrogen-bond donors (Lipinski definition) is 1. The van der Waals surface area contributed by atoms with Crippen molar-refractivity contribution in [3.63, 3.8) is 0 Å². The van der Waals surface area contributed by atoms with Gasteiger partial charge in [-0.2, -0.15) is 0 Å². The summed E-state index contributed by atoms with van der Waals surface area (Å²) in [4.78, 5) is 12.5. The first-order valence-corrected chi connectivity index (χ1v) is 12.0. The molecule has 1 N–H and O–H groups in total. The molecule has 9 heteroatoms. The van der Waals surface area contributed by atoms with Gasteiger partial charge in [0.2, 0.25) is 12.7 Å². The molecule has 2 aromatic carbocycles. The largest absolute Gasteiger partial charge is 0.486 e. The molecule has 0 fully saturated rings. The van der Waals surface area contributed by atoms with Gasteiger partial charge in [-0.15, -0.1) is 10.2 Å². The summed E-state index contributed by atoms with van der Waals surface area (Å²) in [7, 11) is 0. The number of carbonyl (C=O) groups excluding carboxylic acids is 1. The SMILES string of the molecule is CCc1ccc(OCc2nnc(SCC(=O)Nc3ccc4c(c3)OCO4)n2CC(C)C)cc1. The Morgan fingerprint density at radius 3 is 2.70 bits per heavy atom. The van der Waals surface area contributed by atoms with Gasteiger partial charge in [0.05, 0.1) is 5.75 Å². The highest BCUT2D eigenvalue weighted by Crippen LogP contribution is 2.34. The number of hydrogen-bond acceptors (Lipinski definition) is 7. The van der Waals surface area contributed by atoms with Gasteiger partial charge >= 0.3 is 0 Å². The molecule has 0 bridgehead atoms. The lowest BCUT2D eigenvalue weighted by Gasteiger charge is -2.13. The summed E-state index contributed by atoms with van der Waals surface area (Å²) < 4.78 is 18.6. The number of benzene rings is 2. The van der Waals surface area contributed by atoms with Crippen molar-refractivity contribution in [1.82, 2.24) is 14.8 Å². The van der Waals surface area contributed by atoms with Crippen LogP contribution in [-0.2, 0) is 24.4 Å². The minimum absolute atomic E-state index is 0.133. The number of nitrogens with one attached hydrogen (secondary N) is 1. The molecule has 1 aliphatic heterocycles. The third-order valence-electron chi connectivity index (χ3n) is 5.03. The number of ether oxygens (including phenoxy) is 3. The van der Waals surface area contributed by atoms with Crippen LogP contribution in [-0.4, -0.2) is 33.2 Å². The fraction of sp³-hybridized carbons (Fsp3) is 0.375. The zero-order valence-corrected chi connectivity index (χ0v) is 19.9. The van der Waals surface area contributed by atoms with Gasteiger partial charge in [0.1, 0.15) is 12.4 Å². The maximum Gasteiger partial charge on any atom is 0.234 e. The summed E-state index contributed by atoms with van der Waals surface area (Å²) in [5.41, 5.74) is 1.93. The van der Waals surface area contributed by atoms with E-state index in [1.165, 1.54) is 17.3 Å². The molecule has 0 radical (unpaired) electrons. The first kappa shape index (κ1) is 23.0. The second kappa shape index (κ2) is 10.6. The maximum absolute atomic E-state index is 12.5. The fourth-order valence-corrected chi connectivity index (χ4v) is 4.12. The Labute approximate surface area is 197 Å². The number of amides is 1. The summed E-state index contributed by atoms with van der Waals surface area (Å²) in [6.07, 6.45) is 0.992. The third kappa shape index (κ3) is 5.98. The normalized spacial score (nSPS) is 12.2. The molecule has 174 valence electrons. The van der Waals surface area contributed by atoms with Crippen LogP contribution in [0.1, 0.15) is 32.2 Å². The maximum atomic E-state index is 12.5. The Morgan fingerprint density at radius 2 is 1.94 bits per heavy atom.